The van der Waals surface area contributed by atoms with Crippen LogP contribution in [0, 0.1) is 6.92 Å². The summed E-state index contributed by atoms with van der Waals surface area (Å²) in [7, 11) is 0. The normalized spacial score (nSPS) is 11.7. The van der Waals surface area contributed by atoms with Crippen molar-refractivity contribution in [3.05, 3.63) is 29.8 Å². The second-order valence-corrected chi connectivity index (χ2v) is 4.75. The second kappa shape index (κ2) is 3.50. The Balaban J connectivity index is 2.71. The van der Waals surface area contributed by atoms with Gasteiger partial charge in [0.1, 0.15) is 0 Å². The SMILES string of the molecule is Cc1ccc([Se]C(F)(F)F)cc1. The van der Waals surface area contributed by atoms with Crippen molar-refractivity contribution < 1.29 is 13.2 Å². The van der Waals surface area contributed by atoms with Crippen molar-refractivity contribution in [2.24, 2.45) is 0 Å². The van der Waals surface area contributed by atoms with Crippen LogP contribution in [-0.2, 0) is 0 Å². The number of aryl methyl sites for hydroxylation is 1. The van der Waals surface area contributed by atoms with E-state index < -0.39 is 20.0 Å². The van der Waals surface area contributed by atoms with Crippen LogP contribution in [0.25, 0.3) is 0 Å². The number of alkyl halides is 3. The summed E-state index contributed by atoms with van der Waals surface area (Å²) in [6.45, 7) is 1.85. The minimum atomic E-state index is -4.04. The van der Waals surface area contributed by atoms with Gasteiger partial charge in [-0.15, -0.1) is 0 Å². The fourth-order valence-corrected chi connectivity index (χ4v) is 1.87. The van der Waals surface area contributed by atoms with E-state index in [-0.39, 0.29) is 0 Å². The van der Waals surface area contributed by atoms with E-state index in [1.165, 1.54) is 12.1 Å². The Labute approximate surface area is 74.9 Å². The summed E-state index contributed by atoms with van der Waals surface area (Å²) in [5.41, 5.74) is 0.983. The first-order valence-electron chi connectivity index (χ1n) is 3.30. The Hall–Kier alpha value is -0.471. The molecule has 0 saturated carbocycles. The minimum absolute atomic E-state index is 0.376. The maximum atomic E-state index is 11.9. The zero-order valence-electron chi connectivity index (χ0n) is 6.35. The van der Waals surface area contributed by atoms with Crippen LogP contribution in [-0.4, -0.2) is 20.0 Å². The van der Waals surface area contributed by atoms with Crippen molar-refractivity contribution in [1.29, 1.82) is 0 Å². The van der Waals surface area contributed by atoms with Crippen molar-refractivity contribution in [2.75, 3.05) is 0 Å². The van der Waals surface area contributed by atoms with E-state index >= 15 is 0 Å². The zero-order chi connectivity index (χ0) is 9.19. The zero-order valence-corrected chi connectivity index (χ0v) is 8.06. The summed E-state index contributed by atoms with van der Waals surface area (Å²) in [5.74, 6) is 0. The van der Waals surface area contributed by atoms with Crippen LogP contribution >= 0.6 is 0 Å². The molecule has 0 aliphatic rings. The van der Waals surface area contributed by atoms with Gasteiger partial charge in [-0.25, -0.2) is 0 Å². The molecule has 0 unspecified atom stereocenters. The molecule has 0 N–H and O–H groups in total. The van der Waals surface area contributed by atoms with Crippen LogP contribution in [0.15, 0.2) is 24.3 Å². The molecule has 0 bridgehead atoms. The third kappa shape index (κ3) is 3.28. The molecule has 0 fully saturated rings. The molecule has 1 rings (SSSR count). The molecule has 0 saturated heterocycles. The number of benzene rings is 1. The van der Waals surface area contributed by atoms with E-state index in [9.17, 15) is 13.2 Å². The van der Waals surface area contributed by atoms with E-state index in [0.717, 1.165) is 5.56 Å². The summed E-state index contributed by atoms with van der Waals surface area (Å²) in [6, 6.07) is 6.46. The molecular weight excluding hydrogens is 232 g/mol. The standard InChI is InChI=1S/C8H7F3Se/c1-6-2-4-7(5-3-6)12-8(9,10)11/h2-5H,1H3. The maximum absolute atomic E-state index is 11.9. The van der Waals surface area contributed by atoms with Crippen molar-refractivity contribution in [2.45, 2.75) is 12.0 Å². The fourth-order valence-electron chi connectivity index (χ4n) is 0.740. The molecule has 12 heavy (non-hydrogen) atoms. The Morgan fingerprint density at radius 3 is 2.00 bits per heavy atom. The molecule has 0 heterocycles. The molecule has 4 heteroatoms. The van der Waals surface area contributed by atoms with Crippen LogP contribution in [0.5, 0.6) is 0 Å². The Morgan fingerprint density at radius 2 is 1.58 bits per heavy atom. The van der Waals surface area contributed by atoms with Gasteiger partial charge >= 0.3 is 74.4 Å². The molecule has 0 aliphatic carbocycles. The average molecular weight is 239 g/mol. The van der Waals surface area contributed by atoms with E-state index in [4.69, 9.17) is 0 Å². The van der Waals surface area contributed by atoms with Gasteiger partial charge < -0.3 is 0 Å². The van der Waals surface area contributed by atoms with Crippen molar-refractivity contribution in [1.82, 2.24) is 0 Å². The molecule has 0 aliphatic heterocycles. The van der Waals surface area contributed by atoms with E-state index in [1.807, 2.05) is 6.92 Å². The molecule has 0 nitrogen and oxygen atoms in total. The van der Waals surface area contributed by atoms with Crippen molar-refractivity contribution in [3.63, 3.8) is 0 Å². The summed E-state index contributed by atoms with van der Waals surface area (Å²) < 4.78 is 36.0. The van der Waals surface area contributed by atoms with Crippen LogP contribution in [0.1, 0.15) is 5.56 Å². The van der Waals surface area contributed by atoms with Gasteiger partial charge in [0.05, 0.1) is 0 Å². The first kappa shape index (κ1) is 9.62. The predicted octanol–water partition coefficient (Wildman–Crippen LogP) is 1.84. The van der Waals surface area contributed by atoms with E-state index in [1.54, 1.807) is 12.1 Å². The molecule has 1 aromatic carbocycles. The van der Waals surface area contributed by atoms with Gasteiger partial charge in [-0.3, -0.25) is 0 Å². The first-order chi connectivity index (χ1) is 5.47. The van der Waals surface area contributed by atoms with Gasteiger partial charge in [-0.2, -0.15) is 0 Å². The summed E-state index contributed by atoms with van der Waals surface area (Å²) in [4.78, 5) is 0. The Morgan fingerprint density at radius 1 is 1.08 bits per heavy atom. The van der Waals surface area contributed by atoms with Crippen LogP contribution in [0.2, 0.25) is 0 Å². The fraction of sp³-hybridized carbons (Fsp3) is 0.250. The third-order valence-corrected chi connectivity index (χ3v) is 2.81. The van der Waals surface area contributed by atoms with Crippen molar-refractivity contribution >= 4 is 19.4 Å². The first-order valence-corrected chi connectivity index (χ1v) is 5.01. The average Bonchev–Trinajstić information content (AvgIpc) is 1.91. The second-order valence-electron chi connectivity index (χ2n) is 2.36. The summed E-state index contributed by atoms with van der Waals surface area (Å²) in [5, 5.41) is -4.04. The van der Waals surface area contributed by atoms with Crippen LogP contribution < -0.4 is 4.46 Å². The number of hydrogen-bond acceptors (Lipinski definition) is 0. The van der Waals surface area contributed by atoms with Gasteiger partial charge in [0, 0.05) is 0 Å². The molecule has 0 spiro atoms. The van der Waals surface area contributed by atoms with Gasteiger partial charge in [-0.05, 0) is 0 Å². The van der Waals surface area contributed by atoms with Crippen LogP contribution in [0.3, 0.4) is 0 Å². The molecule has 66 valence electrons. The summed E-state index contributed by atoms with van der Waals surface area (Å²) >= 11 is -1.40. The van der Waals surface area contributed by atoms with Gasteiger partial charge in [0.25, 0.3) is 0 Å². The predicted molar refractivity (Wildman–Crippen MR) is 42.6 cm³/mol. The molecular formula is C8H7F3Se. The van der Waals surface area contributed by atoms with Crippen LogP contribution in [0.4, 0.5) is 13.2 Å². The topological polar surface area (TPSA) is 0 Å². The third-order valence-electron chi connectivity index (χ3n) is 1.25. The van der Waals surface area contributed by atoms with Gasteiger partial charge in [0.15, 0.2) is 0 Å². The molecule has 1 aromatic rings. The van der Waals surface area contributed by atoms with E-state index in [0.29, 0.717) is 4.46 Å². The Kier molecular flexibility index (Phi) is 2.80. The number of rotatable bonds is 1. The van der Waals surface area contributed by atoms with Crippen molar-refractivity contribution in [3.8, 4) is 0 Å². The molecule has 0 amide bonds. The van der Waals surface area contributed by atoms with Gasteiger partial charge in [-0.1, -0.05) is 0 Å². The molecule has 0 radical (unpaired) electrons. The monoisotopic (exact) mass is 240 g/mol. The number of hydrogen-bond donors (Lipinski definition) is 0. The Bertz CT molecular complexity index is 250. The quantitative estimate of drug-likeness (QED) is 0.656. The molecule has 0 aromatic heterocycles. The summed E-state index contributed by atoms with van der Waals surface area (Å²) in [6.07, 6.45) is 0. The van der Waals surface area contributed by atoms with E-state index in [2.05, 4.69) is 0 Å². The molecule has 0 atom stereocenters. The number of halogens is 3. The van der Waals surface area contributed by atoms with Gasteiger partial charge in [0.2, 0.25) is 0 Å².